The second kappa shape index (κ2) is 6.75. The van der Waals surface area contributed by atoms with Crippen LogP contribution in [0.4, 0.5) is 10.1 Å². The lowest BCUT2D eigenvalue weighted by Crippen LogP contribution is -2.23. The molecule has 2 rings (SSSR count). The van der Waals surface area contributed by atoms with Crippen LogP contribution in [0.25, 0.3) is 0 Å². The van der Waals surface area contributed by atoms with E-state index in [9.17, 15) is 28.9 Å². The molecule has 0 aliphatic carbocycles. The lowest BCUT2D eigenvalue weighted by molar-refractivity contribution is -0.384. The number of carboxylic acid groups (broad SMARTS) is 1. The van der Waals surface area contributed by atoms with Gasteiger partial charge in [0.15, 0.2) is 0 Å². The lowest BCUT2D eigenvalue weighted by Gasteiger charge is -1.92. The normalized spacial score (nSPS) is 9.38. The Kier molecular flexibility index (Phi) is 5.06. The largest absolute Gasteiger partial charge is 0.478 e. The molecule has 0 atom stereocenters. The zero-order chi connectivity index (χ0) is 16.0. The van der Waals surface area contributed by atoms with Crippen molar-refractivity contribution in [1.82, 2.24) is 9.97 Å². The highest BCUT2D eigenvalue weighted by molar-refractivity contribution is 5.88. The topological polar surface area (TPSA) is 146 Å². The van der Waals surface area contributed by atoms with Crippen molar-refractivity contribution < 1.29 is 19.2 Å². The molecule has 0 amide bonds. The van der Waals surface area contributed by atoms with Gasteiger partial charge in [-0.1, -0.05) is 6.07 Å². The van der Waals surface area contributed by atoms with Crippen molar-refractivity contribution in [3.8, 4) is 0 Å². The van der Waals surface area contributed by atoms with Crippen molar-refractivity contribution in [3.63, 3.8) is 0 Å². The Hall–Kier alpha value is -3.30. The Morgan fingerprint density at radius 1 is 1.33 bits per heavy atom. The molecule has 1 aromatic carbocycles. The molecular formula is C11H8FN3O6. The first kappa shape index (κ1) is 15.8. The van der Waals surface area contributed by atoms with Crippen LogP contribution in [0.2, 0.25) is 0 Å². The Morgan fingerprint density at radius 2 is 2.00 bits per heavy atom. The van der Waals surface area contributed by atoms with E-state index in [4.69, 9.17) is 5.11 Å². The number of hydrogen-bond acceptors (Lipinski definition) is 5. The zero-order valence-corrected chi connectivity index (χ0v) is 10.2. The first-order chi connectivity index (χ1) is 9.81. The summed E-state index contributed by atoms with van der Waals surface area (Å²) in [6.07, 6.45) is 0.709. The molecule has 2 aromatic rings. The van der Waals surface area contributed by atoms with Gasteiger partial charge in [-0.05, 0) is 6.07 Å². The molecule has 21 heavy (non-hydrogen) atoms. The van der Waals surface area contributed by atoms with Gasteiger partial charge >= 0.3 is 11.7 Å². The van der Waals surface area contributed by atoms with Gasteiger partial charge in [0.2, 0.25) is 5.82 Å². The molecule has 0 spiro atoms. The second-order valence-corrected chi connectivity index (χ2v) is 3.53. The molecule has 0 fully saturated rings. The summed E-state index contributed by atoms with van der Waals surface area (Å²) in [5.41, 5.74) is -2.00. The summed E-state index contributed by atoms with van der Waals surface area (Å²) in [4.78, 5) is 43.9. The fourth-order valence-electron chi connectivity index (χ4n) is 1.15. The van der Waals surface area contributed by atoms with Crippen LogP contribution in [-0.4, -0.2) is 26.0 Å². The molecular weight excluding hydrogens is 289 g/mol. The third kappa shape index (κ3) is 4.70. The van der Waals surface area contributed by atoms with E-state index >= 15 is 0 Å². The van der Waals surface area contributed by atoms with Crippen molar-refractivity contribution in [3.05, 3.63) is 72.8 Å². The molecule has 0 saturated heterocycles. The number of halogens is 1. The molecule has 3 N–H and O–H groups in total. The lowest BCUT2D eigenvalue weighted by atomic mass is 10.2. The van der Waals surface area contributed by atoms with Gasteiger partial charge in [0.1, 0.15) is 0 Å². The van der Waals surface area contributed by atoms with E-state index in [1.54, 1.807) is 4.98 Å². The number of aromatic carboxylic acids is 1. The minimum Gasteiger partial charge on any atom is -0.478 e. The Morgan fingerprint density at radius 3 is 2.48 bits per heavy atom. The predicted molar refractivity (Wildman–Crippen MR) is 67.7 cm³/mol. The van der Waals surface area contributed by atoms with E-state index in [-0.39, 0.29) is 11.3 Å². The van der Waals surface area contributed by atoms with Crippen LogP contribution in [0, 0.1) is 15.9 Å². The Balaban J connectivity index is 0.000000219. The number of benzene rings is 1. The van der Waals surface area contributed by atoms with Gasteiger partial charge in [-0.3, -0.25) is 19.9 Å². The summed E-state index contributed by atoms with van der Waals surface area (Å²) >= 11 is 0. The highest BCUT2D eigenvalue weighted by Gasteiger charge is 2.09. The van der Waals surface area contributed by atoms with Gasteiger partial charge in [0.25, 0.3) is 11.2 Å². The fourth-order valence-corrected chi connectivity index (χ4v) is 1.15. The number of rotatable bonds is 2. The Bertz CT molecular complexity index is 753. The molecule has 10 heteroatoms. The fraction of sp³-hybridized carbons (Fsp3) is 0. The highest BCUT2D eigenvalue weighted by atomic mass is 19.1. The predicted octanol–water partition coefficient (Wildman–Crippen LogP) is 0.495. The molecule has 110 valence electrons. The van der Waals surface area contributed by atoms with Crippen LogP contribution in [-0.2, 0) is 0 Å². The first-order valence-corrected chi connectivity index (χ1v) is 5.26. The number of nitrogens with one attached hydrogen (secondary N) is 2. The summed E-state index contributed by atoms with van der Waals surface area (Å²) in [5.74, 6) is -2.16. The van der Waals surface area contributed by atoms with E-state index < -0.39 is 28.0 Å². The maximum atomic E-state index is 12.0. The van der Waals surface area contributed by atoms with E-state index in [1.807, 2.05) is 4.98 Å². The zero-order valence-electron chi connectivity index (χ0n) is 10.2. The van der Waals surface area contributed by atoms with E-state index in [0.29, 0.717) is 6.20 Å². The van der Waals surface area contributed by atoms with Crippen LogP contribution in [0.3, 0.4) is 0 Å². The van der Waals surface area contributed by atoms with E-state index in [1.165, 1.54) is 18.2 Å². The van der Waals surface area contributed by atoms with Crippen molar-refractivity contribution in [2.45, 2.75) is 0 Å². The second-order valence-electron chi connectivity index (χ2n) is 3.53. The average molecular weight is 297 g/mol. The van der Waals surface area contributed by atoms with Gasteiger partial charge in [-0.15, -0.1) is 0 Å². The van der Waals surface area contributed by atoms with Gasteiger partial charge in [-0.2, -0.15) is 4.39 Å². The molecule has 0 saturated carbocycles. The quantitative estimate of drug-likeness (QED) is 0.543. The van der Waals surface area contributed by atoms with Gasteiger partial charge in [0.05, 0.1) is 10.5 Å². The molecule has 0 bridgehead atoms. The molecule has 0 radical (unpaired) electrons. The maximum absolute atomic E-state index is 12.0. The number of nitrogens with zero attached hydrogens (tertiary/aromatic N) is 1. The van der Waals surface area contributed by atoms with Crippen molar-refractivity contribution in [2.24, 2.45) is 0 Å². The molecule has 1 aromatic heterocycles. The standard InChI is InChI=1S/C7H5NO4.C4H3FN2O2/c9-7(10)5-2-1-3-6(4-5)8(11)12;5-2-1-6-4(9)7-3(2)8/h1-4H,(H,9,10);1H,(H2,6,7,8,9). The maximum Gasteiger partial charge on any atom is 0.335 e. The van der Waals surface area contributed by atoms with E-state index in [0.717, 1.165) is 6.07 Å². The third-order valence-electron chi connectivity index (χ3n) is 2.08. The number of H-pyrrole nitrogens is 2. The summed E-state index contributed by atoms with van der Waals surface area (Å²) in [6, 6.07) is 4.89. The number of carboxylic acids is 1. The number of hydrogen-bond donors (Lipinski definition) is 3. The monoisotopic (exact) mass is 297 g/mol. The number of aromatic amines is 2. The highest BCUT2D eigenvalue weighted by Crippen LogP contribution is 2.12. The van der Waals surface area contributed by atoms with Crippen molar-refractivity contribution in [1.29, 1.82) is 0 Å². The molecule has 0 aliphatic heterocycles. The number of nitro benzene ring substituents is 1. The minimum atomic E-state index is -1.17. The SMILES string of the molecule is O=C(O)c1cccc([N+](=O)[O-])c1.O=c1[nH]cc(F)c(=O)[nH]1. The third-order valence-corrected chi connectivity index (χ3v) is 2.08. The molecule has 1 heterocycles. The van der Waals surface area contributed by atoms with Gasteiger partial charge < -0.3 is 10.1 Å². The van der Waals surface area contributed by atoms with E-state index in [2.05, 4.69) is 0 Å². The van der Waals surface area contributed by atoms with Crippen LogP contribution in [0.15, 0.2) is 40.1 Å². The molecule has 9 nitrogen and oxygen atoms in total. The smallest absolute Gasteiger partial charge is 0.335 e. The van der Waals surface area contributed by atoms with Crippen LogP contribution < -0.4 is 11.2 Å². The number of carbonyl (C=O) groups is 1. The summed E-state index contributed by atoms with van der Waals surface area (Å²) in [5, 5.41) is 18.7. The Labute approximate surface area is 114 Å². The summed E-state index contributed by atoms with van der Waals surface area (Å²) in [6.45, 7) is 0. The average Bonchev–Trinajstić information content (AvgIpc) is 2.44. The van der Waals surface area contributed by atoms with Gasteiger partial charge in [0, 0.05) is 18.3 Å². The first-order valence-electron chi connectivity index (χ1n) is 5.26. The van der Waals surface area contributed by atoms with Crippen LogP contribution in [0.5, 0.6) is 0 Å². The number of aromatic nitrogens is 2. The number of nitro groups is 1. The van der Waals surface area contributed by atoms with Crippen LogP contribution in [0.1, 0.15) is 10.4 Å². The van der Waals surface area contributed by atoms with Crippen molar-refractivity contribution in [2.75, 3.05) is 0 Å². The molecule has 0 unspecified atom stereocenters. The molecule has 0 aliphatic rings. The summed E-state index contributed by atoms with van der Waals surface area (Å²) < 4.78 is 12.0. The summed E-state index contributed by atoms with van der Waals surface area (Å²) in [7, 11) is 0. The number of non-ortho nitro benzene ring substituents is 1. The van der Waals surface area contributed by atoms with Crippen LogP contribution >= 0.6 is 0 Å². The minimum absolute atomic E-state index is 0.0794. The van der Waals surface area contributed by atoms with Crippen molar-refractivity contribution >= 4 is 11.7 Å². The van der Waals surface area contributed by atoms with Gasteiger partial charge in [-0.25, -0.2) is 9.59 Å².